The molecule has 0 aromatic rings. The van der Waals surface area contributed by atoms with Gasteiger partial charge in [0.1, 0.15) is 11.6 Å². The van der Waals surface area contributed by atoms with Crippen LogP contribution in [0.15, 0.2) is 0 Å². The molecule has 0 saturated carbocycles. The number of hydrogen-bond acceptors (Lipinski definition) is 7. The molecule has 0 aromatic carbocycles. The molecule has 0 saturated heterocycles. The second kappa shape index (κ2) is 17.1. The molecule has 23 heavy (non-hydrogen) atoms. The summed E-state index contributed by atoms with van der Waals surface area (Å²) < 4.78 is 0. The quantitative estimate of drug-likeness (QED) is 0.404. The van der Waals surface area contributed by atoms with Crippen molar-refractivity contribution in [1.82, 2.24) is 0 Å². The Hall–Kier alpha value is -1.23. The number of ketones is 2. The first-order valence-electron chi connectivity index (χ1n) is 7.00. The van der Waals surface area contributed by atoms with Crippen LogP contribution in [-0.4, -0.2) is 47.0 Å². The zero-order valence-electron chi connectivity index (χ0n) is 14.6. The maximum atomic E-state index is 10.4. The third kappa shape index (κ3) is 20.8. The standard InChI is InChI=1S/2C6H10O3.C3H7O.Al/c2*1-3-5(4(2)7)6(8)9;1-3(2)4;/h2*5H,3H2,1-2H3,(H,8,9);3H,1-2H3;/q;;-1;+3/p-2. The Morgan fingerprint density at radius 1 is 0.783 bits per heavy atom. The molecule has 0 bridgehead atoms. The second-order valence-corrected chi connectivity index (χ2v) is 4.83. The van der Waals surface area contributed by atoms with E-state index in [2.05, 4.69) is 0 Å². The van der Waals surface area contributed by atoms with Gasteiger partial charge in [-0.25, -0.2) is 0 Å². The van der Waals surface area contributed by atoms with Crippen LogP contribution >= 0.6 is 0 Å². The Kier molecular flexibility index (Phi) is 22.2. The zero-order chi connectivity index (χ0) is 18.5. The van der Waals surface area contributed by atoms with Crippen molar-refractivity contribution in [1.29, 1.82) is 0 Å². The number of carboxylic acid groups (broad SMARTS) is 2. The van der Waals surface area contributed by atoms with E-state index in [1.807, 2.05) is 0 Å². The predicted molar refractivity (Wildman–Crippen MR) is 79.8 cm³/mol. The molecule has 0 fully saturated rings. The Morgan fingerprint density at radius 3 is 0.957 bits per heavy atom. The molecule has 0 heterocycles. The van der Waals surface area contributed by atoms with Gasteiger partial charge >= 0.3 is 17.4 Å². The Bertz CT molecular complexity index is 304. The Balaban J connectivity index is -0.000000124. The van der Waals surface area contributed by atoms with E-state index in [0.29, 0.717) is 12.8 Å². The van der Waals surface area contributed by atoms with Crippen LogP contribution in [0.1, 0.15) is 54.4 Å². The molecule has 0 aliphatic heterocycles. The maximum absolute atomic E-state index is 10.4. The summed E-state index contributed by atoms with van der Waals surface area (Å²) in [6.07, 6.45) is 0.218. The summed E-state index contributed by atoms with van der Waals surface area (Å²) in [6.45, 7) is 9.01. The molecule has 2 unspecified atom stereocenters. The van der Waals surface area contributed by atoms with Crippen LogP contribution in [0.2, 0.25) is 0 Å². The fourth-order valence-corrected chi connectivity index (χ4v) is 1.24. The van der Waals surface area contributed by atoms with E-state index in [1.54, 1.807) is 27.7 Å². The molecular formula is C15H25AlO7. The Morgan fingerprint density at radius 2 is 0.957 bits per heavy atom. The van der Waals surface area contributed by atoms with Gasteiger partial charge in [-0.05, 0) is 26.7 Å². The van der Waals surface area contributed by atoms with Crippen LogP contribution in [0.25, 0.3) is 0 Å². The van der Waals surface area contributed by atoms with Crippen LogP contribution < -0.4 is 15.3 Å². The molecule has 130 valence electrons. The van der Waals surface area contributed by atoms with Gasteiger partial charge in [0.05, 0.1) is 23.8 Å². The first-order chi connectivity index (χ1) is 9.91. The van der Waals surface area contributed by atoms with Gasteiger partial charge in [-0.3, -0.25) is 9.59 Å². The van der Waals surface area contributed by atoms with Crippen molar-refractivity contribution in [2.24, 2.45) is 11.8 Å². The Labute approximate surface area is 148 Å². The topological polar surface area (TPSA) is 137 Å². The van der Waals surface area contributed by atoms with E-state index in [9.17, 15) is 34.5 Å². The summed E-state index contributed by atoms with van der Waals surface area (Å²) in [6, 6.07) is 0. The fraction of sp³-hybridized carbons (Fsp3) is 0.733. The maximum Gasteiger partial charge on any atom is 3.00 e. The first kappa shape index (κ1) is 29.7. The van der Waals surface area contributed by atoms with Gasteiger partial charge < -0.3 is 24.9 Å². The van der Waals surface area contributed by atoms with Gasteiger partial charge in [0.15, 0.2) is 0 Å². The van der Waals surface area contributed by atoms with E-state index in [-0.39, 0.29) is 28.9 Å². The summed E-state index contributed by atoms with van der Waals surface area (Å²) in [5, 5.41) is 29.6. The largest absolute Gasteiger partial charge is 3.00 e. The minimum Gasteiger partial charge on any atom is -0.852 e. The van der Waals surface area contributed by atoms with Crippen molar-refractivity contribution in [3.63, 3.8) is 0 Å². The van der Waals surface area contributed by atoms with Crippen molar-refractivity contribution in [2.75, 3.05) is 0 Å². The minimum absolute atomic E-state index is 0. The van der Waals surface area contributed by atoms with Gasteiger partial charge in [-0.15, -0.1) is 6.10 Å². The van der Waals surface area contributed by atoms with E-state index < -0.39 is 29.9 Å². The van der Waals surface area contributed by atoms with Gasteiger partial charge in [0.25, 0.3) is 0 Å². The second-order valence-electron chi connectivity index (χ2n) is 4.83. The predicted octanol–water partition coefficient (Wildman–Crippen LogP) is -1.92. The summed E-state index contributed by atoms with van der Waals surface area (Å²) in [5.74, 6) is -5.04. The van der Waals surface area contributed by atoms with Gasteiger partial charge in [0, 0.05) is 0 Å². The van der Waals surface area contributed by atoms with Crippen LogP contribution in [0.4, 0.5) is 0 Å². The molecule has 0 aliphatic rings. The normalized spacial score (nSPS) is 11.5. The van der Waals surface area contributed by atoms with Crippen molar-refractivity contribution in [3.05, 3.63) is 0 Å². The molecule has 0 aliphatic carbocycles. The van der Waals surface area contributed by atoms with Crippen molar-refractivity contribution in [3.8, 4) is 0 Å². The van der Waals surface area contributed by atoms with Crippen molar-refractivity contribution >= 4 is 40.9 Å². The summed E-state index contributed by atoms with van der Waals surface area (Å²) in [7, 11) is 0. The number of Topliss-reactive ketones (excluding diaryl/α,β-unsaturated/α-hetero) is 2. The van der Waals surface area contributed by atoms with Crippen LogP contribution in [0, 0.1) is 11.8 Å². The molecule has 0 radical (unpaired) electrons. The smallest absolute Gasteiger partial charge is 0.852 e. The summed E-state index contributed by atoms with van der Waals surface area (Å²) in [4.78, 5) is 40.9. The third-order valence-electron chi connectivity index (χ3n) is 2.37. The molecule has 0 N–H and O–H groups in total. The number of rotatable bonds is 6. The number of carbonyl (C=O) groups is 4. The van der Waals surface area contributed by atoms with E-state index in [0.717, 1.165) is 0 Å². The zero-order valence-corrected chi connectivity index (χ0v) is 15.7. The fourth-order valence-electron chi connectivity index (χ4n) is 1.24. The molecular weight excluding hydrogens is 319 g/mol. The first-order valence-corrected chi connectivity index (χ1v) is 7.00. The van der Waals surface area contributed by atoms with E-state index in [1.165, 1.54) is 13.8 Å². The number of hydrogen-bond donors (Lipinski definition) is 0. The molecule has 7 nitrogen and oxygen atoms in total. The third-order valence-corrected chi connectivity index (χ3v) is 2.37. The van der Waals surface area contributed by atoms with Gasteiger partial charge in [-0.2, -0.15) is 0 Å². The van der Waals surface area contributed by atoms with Gasteiger partial charge in [0.2, 0.25) is 0 Å². The van der Waals surface area contributed by atoms with Crippen LogP contribution in [-0.2, 0) is 19.2 Å². The monoisotopic (exact) mass is 344 g/mol. The average molecular weight is 344 g/mol. The average Bonchev–Trinajstić information content (AvgIpc) is 2.28. The van der Waals surface area contributed by atoms with E-state index in [4.69, 9.17) is 0 Å². The SMILES string of the molecule is CC(C)[O-].CCC(C(C)=O)C(=O)[O-].CCC(C(C)=O)C(=O)[O-].[Al+3]. The molecule has 2 atom stereocenters. The van der Waals surface area contributed by atoms with Crippen LogP contribution in [0.5, 0.6) is 0 Å². The van der Waals surface area contributed by atoms with Crippen molar-refractivity contribution < 1.29 is 34.5 Å². The minimum atomic E-state index is -1.27. The van der Waals surface area contributed by atoms with Crippen molar-refractivity contribution in [2.45, 2.75) is 60.5 Å². The summed E-state index contributed by atoms with van der Waals surface area (Å²) in [5.41, 5.74) is 0. The van der Waals surface area contributed by atoms with Gasteiger partial charge in [-0.1, -0.05) is 27.7 Å². The molecule has 0 spiro atoms. The summed E-state index contributed by atoms with van der Waals surface area (Å²) >= 11 is 0. The number of aliphatic carboxylic acids is 2. The molecule has 0 rings (SSSR count). The number of carbonyl (C=O) groups excluding carboxylic acids is 4. The van der Waals surface area contributed by atoms with Crippen LogP contribution in [0.3, 0.4) is 0 Å². The molecule has 0 amide bonds. The van der Waals surface area contributed by atoms with E-state index >= 15 is 0 Å². The molecule has 0 aromatic heterocycles. The molecule has 8 heteroatoms. The number of carboxylic acids is 2.